The van der Waals surface area contributed by atoms with Gasteiger partial charge in [0.1, 0.15) is 0 Å². The number of anilines is 1. The molecular weight excluding hydrogens is 530 g/mol. The number of halogens is 7. The van der Waals surface area contributed by atoms with Crippen LogP contribution in [0.15, 0.2) is 40.9 Å². The van der Waals surface area contributed by atoms with E-state index in [1.165, 1.54) is 4.90 Å². The van der Waals surface area contributed by atoms with Crippen molar-refractivity contribution in [3.05, 3.63) is 63.1 Å². The lowest BCUT2D eigenvalue weighted by atomic mass is 10.00. The first-order valence-electron chi connectivity index (χ1n) is 10.5. The molecule has 0 saturated heterocycles. The molecule has 2 aromatic rings. The Balaban J connectivity index is 1.90. The summed E-state index contributed by atoms with van der Waals surface area (Å²) in [4.78, 5) is 14.1. The van der Waals surface area contributed by atoms with Crippen molar-refractivity contribution < 1.29 is 35.9 Å². The lowest BCUT2D eigenvalue weighted by Crippen LogP contribution is -2.34. The van der Waals surface area contributed by atoms with E-state index in [0.29, 0.717) is 47.2 Å². The van der Waals surface area contributed by atoms with Crippen LogP contribution in [0.3, 0.4) is 0 Å². The number of rotatable bonds is 4. The van der Waals surface area contributed by atoms with Crippen LogP contribution < -0.4 is 10.2 Å². The zero-order valence-electron chi connectivity index (χ0n) is 18.4. The van der Waals surface area contributed by atoms with Crippen LogP contribution in [0.2, 0.25) is 0 Å². The van der Waals surface area contributed by atoms with Gasteiger partial charge >= 0.3 is 18.4 Å². The molecule has 0 saturated carbocycles. The van der Waals surface area contributed by atoms with E-state index in [1.54, 1.807) is 32.0 Å². The second-order valence-electron chi connectivity index (χ2n) is 8.28. The molecule has 2 aromatic carbocycles. The predicted molar refractivity (Wildman–Crippen MR) is 118 cm³/mol. The van der Waals surface area contributed by atoms with Crippen molar-refractivity contribution in [2.75, 3.05) is 11.4 Å². The standard InChI is InChI=1S/C23H23BrF6N2O2/c1-13(2)34-21(33)32-7-3-4-19(18-6-5-17(24)11-20(18)32)31-12-14-8-15(22(25,26)27)10-16(9-14)23(28,29)30/h5-6,8-11,13,19,31H,3-4,7,12H2,1-2H3. The SMILES string of the molecule is CC(C)OC(=O)N1CCCC(NCc2cc(C(F)(F)F)cc(C(F)(F)F)c2)c2ccc(Br)cc21. The number of benzene rings is 2. The Morgan fingerprint density at radius 2 is 1.71 bits per heavy atom. The number of carbonyl (C=O) groups excluding carboxylic acids is 1. The third-order valence-corrected chi connectivity index (χ3v) is 5.78. The fourth-order valence-electron chi connectivity index (χ4n) is 3.80. The van der Waals surface area contributed by atoms with E-state index in [0.717, 1.165) is 0 Å². The van der Waals surface area contributed by atoms with Crippen LogP contribution in [0.5, 0.6) is 0 Å². The van der Waals surface area contributed by atoms with Crippen molar-refractivity contribution in [1.82, 2.24) is 5.32 Å². The number of amides is 1. The van der Waals surface area contributed by atoms with Crippen LogP contribution >= 0.6 is 15.9 Å². The molecule has 0 bridgehead atoms. The molecule has 1 aliphatic heterocycles. The Labute approximate surface area is 201 Å². The molecule has 1 N–H and O–H groups in total. The molecule has 1 aliphatic rings. The van der Waals surface area contributed by atoms with Gasteiger partial charge in [0.25, 0.3) is 0 Å². The number of alkyl halides is 6. The van der Waals surface area contributed by atoms with Crippen molar-refractivity contribution in [1.29, 1.82) is 0 Å². The zero-order valence-corrected chi connectivity index (χ0v) is 19.9. The normalized spacial score (nSPS) is 16.9. The van der Waals surface area contributed by atoms with E-state index in [9.17, 15) is 31.1 Å². The van der Waals surface area contributed by atoms with Crippen molar-refractivity contribution >= 4 is 27.7 Å². The van der Waals surface area contributed by atoms with E-state index in [4.69, 9.17) is 4.74 Å². The van der Waals surface area contributed by atoms with Gasteiger partial charge < -0.3 is 10.1 Å². The van der Waals surface area contributed by atoms with Gasteiger partial charge in [0.2, 0.25) is 0 Å². The molecule has 186 valence electrons. The van der Waals surface area contributed by atoms with Gasteiger partial charge in [0.05, 0.1) is 22.9 Å². The quantitative estimate of drug-likeness (QED) is 0.400. The highest BCUT2D eigenvalue weighted by molar-refractivity contribution is 9.10. The van der Waals surface area contributed by atoms with Gasteiger partial charge in [-0.25, -0.2) is 4.79 Å². The minimum atomic E-state index is -4.91. The third kappa shape index (κ3) is 6.44. The van der Waals surface area contributed by atoms with Crippen LogP contribution in [0.4, 0.5) is 36.8 Å². The Bertz CT molecular complexity index is 1010. The number of nitrogens with zero attached hydrogens (tertiary/aromatic N) is 1. The van der Waals surface area contributed by atoms with Crippen LogP contribution in [0.25, 0.3) is 0 Å². The summed E-state index contributed by atoms with van der Waals surface area (Å²) in [5, 5.41) is 3.08. The smallest absolute Gasteiger partial charge is 0.416 e. The molecule has 1 amide bonds. The number of nitrogens with one attached hydrogen (secondary N) is 1. The largest absolute Gasteiger partial charge is 0.446 e. The van der Waals surface area contributed by atoms with Crippen molar-refractivity contribution in [3.63, 3.8) is 0 Å². The Morgan fingerprint density at radius 1 is 1.09 bits per heavy atom. The van der Waals surface area contributed by atoms with Gasteiger partial charge in [-0.1, -0.05) is 22.0 Å². The highest BCUT2D eigenvalue weighted by atomic mass is 79.9. The summed E-state index contributed by atoms with van der Waals surface area (Å²) in [6.07, 6.45) is -9.60. The fraction of sp³-hybridized carbons (Fsp3) is 0.435. The zero-order chi connectivity index (χ0) is 25.3. The van der Waals surface area contributed by atoms with Crippen LogP contribution in [-0.4, -0.2) is 18.7 Å². The van der Waals surface area contributed by atoms with E-state index in [1.807, 2.05) is 0 Å². The van der Waals surface area contributed by atoms with Gasteiger partial charge in [-0.15, -0.1) is 0 Å². The Kier molecular flexibility index (Phi) is 7.86. The lowest BCUT2D eigenvalue weighted by molar-refractivity contribution is -0.143. The van der Waals surface area contributed by atoms with Crippen molar-refractivity contribution in [2.45, 2.75) is 57.7 Å². The topological polar surface area (TPSA) is 41.6 Å². The maximum absolute atomic E-state index is 13.2. The van der Waals surface area contributed by atoms with E-state index in [2.05, 4.69) is 21.2 Å². The average Bonchev–Trinajstić information content (AvgIpc) is 2.89. The number of hydrogen-bond donors (Lipinski definition) is 1. The number of ether oxygens (including phenoxy) is 1. The van der Waals surface area contributed by atoms with Crippen LogP contribution in [0.1, 0.15) is 55.0 Å². The number of fused-ring (bicyclic) bond motifs is 1. The Hall–Kier alpha value is -2.27. The fourth-order valence-corrected chi connectivity index (χ4v) is 4.15. The van der Waals surface area contributed by atoms with E-state index >= 15 is 0 Å². The minimum Gasteiger partial charge on any atom is -0.446 e. The van der Waals surface area contributed by atoms with Gasteiger partial charge in [-0.3, -0.25) is 4.90 Å². The Morgan fingerprint density at radius 3 is 2.26 bits per heavy atom. The van der Waals surface area contributed by atoms with Gasteiger partial charge in [0, 0.05) is 23.6 Å². The van der Waals surface area contributed by atoms with Crippen LogP contribution in [0, 0.1) is 0 Å². The highest BCUT2D eigenvalue weighted by Crippen LogP contribution is 2.38. The second-order valence-corrected chi connectivity index (χ2v) is 9.19. The molecule has 0 radical (unpaired) electrons. The molecule has 11 heteroatoms. The molecule has 34 heavy (non-hydrogen) atoms. The first-order valence-corrected chi connectivity index (χ1v) is 11.3. The summed E-state index contributed by atoms with van der Waals surface area (Å²) in [5.41, 5.74) is -1.58. The predicted octanol–water partition coefficient (Wildman–Crippen LogP) is 7.46. The summed E-state index contributed by atoms with van der Waals surface area (Å²) in [6, 6.07) is 6.41. The molecule has 0 fully saturated rings. The maximum Gasteiger partial charge on any atom is 0.416 e. The summed E-state index contributed by atoms with van der Waals surface area (Å²) >= 11 is 3.38. The lowest BCUT2D eigenvalue weighted by Gasteiger charge is -2.25. The third-order valence-electron chi connectivity index (χ3n) is 5.29. The molecule has 1 heterocycles. The maximum atomic E-state index is 13.2. The van der Waals surface area contributed by atoms with Crippen LogP contribution in [-0.2, 0) is 23.6 Å². The second kappa shape index (κ2) is 10.2. The average molecular weight is 553 g/mol. The number of carbonyl (C=O) groups is 1. The summed E-state index contributed by atoms with van der Waals surface area (Å²) in [6.45, 7) is 3.59. The molecule has 0 spiro atoms. The molecule has 3 rings (SSSR count). The summed E-state index contributed by atoms with van der Waals surface area (Å²) in [5.74, 6) is 0. The van der Waals surface area contributed by atoms with Gasteiger partial charge in [-0.05, 0) is 68.1 Å². The minimum absolute atomic E-state index is 0.111. The first-order chi connectivity index (χ1) is 15.8. The first kappa shape index (κ1) is 26.3. The van der Waals surface area contributed by atoms with Gasteiger partial charge in [-0.2, -0.15) is 26.3 Å². The monoisotopic (exact) mass is 552 g/mol. The summed E-state index contributed by atoms with van der Waals surface area (Å²) < 4.78 is 85.2. The summed E-state index contributed by atoms with van der Waals surface area (Å²) in [7, 11) is 0. The highest BCUT2D eigenvalue weighted by Gasteiger charge is 2.37. The molecule has 0 aliphatic carbocycles. The van der Waals surface area contributed by atoms with E-state index in [-0.39, 0.29) is 24.3 Å². The molecular formula is C23H23BrF6N2O2. The molecule has 0 aromatic heterocycles. The van der Waals surface area contributed by atoms with Gasteiger partial charge in [0.15, 0.2) is 0 Å². The van der Waals surface area contributed by atoms with Crippen molar-refractivity contribution in [3.8, 4) is 0 Å². The van der Waals surface area contributed by atoms with Crippen molar-refractivity contribution in [2.24, 2.45) is 0 Å². The molecule has 1 atom stereocenters. The molecule has 4 nitrogen and oxygen atoms in total. The number of hydrogen-bond acceptors (Lipinski definition) is 3. The molecule has 1 unspecified atom stereocenters. The van der Waals surface area contributed by atoms with E-state index < -0.39 is 35.6 Å².